The van der Waals surface area contributed by atoms with Crippen molar-refractivity contribution in [1.29, 1.82) is 0 Å². The van der Waals surface area contributed by atoms with Gasteiger partial charge >= 0.3 is 0 Å². The molecule has 1 heterocycles. The van der Waals surface area contributed by atoms with Gasteiger partial charge in [-0.3, -0.25) is 4.99 Å². The number of phenols is 1. The summed E-state index contributed by atoms with van der Waals surface area (Å²) in [4.78, 5) is 5.67. The van der Waals surface area contributed by atoms with E-state index in [9.17, 15) is 5.11 Å². The van der Waals surface area contributed by atoms with Crippen LogP contribution >= 0.6 is 35.3 Å². The third-order valence-corrected chi connectivity index (χ3v) is 5.22. The molecule has 0 unspecified atom stereocenters. The van der Waals surface area contributed by atoms with Crippen molar-refractivity contribution in [3.05, 3.63) is 52.2 Å². The van der Waals surface area contributed by atoms with Crippen molar-refractivity contribution in [2.24, 2.45) is 4.99 Å². The molecule has 1 aromatic heterocycles. The van der Waals surface area contributed by atoms with Crippen molar-refractivity contribution in [3.63, 3.8) is 0 Å². The fraction of sp³-hybridized carbons (Fsp3) is 0.421. The van der Waals surface area contributed by atoms with E-state index in [1.807, 2.05) is 12.1 Å². The predicted molar refractivity (Wildman–Crippen MR) is 119 cm³/mol. The molecule has 0 spiro atoms. The van der Waals surface area contributed by atoms with Gasteiger partial charge in [0, 0.05) is 30.4 Å². The Morgan fingerprint density at radius 1 is 1.16 bits per heavy atom. The summed E-state index contributed by atoms with van der Waals surface area (Å²) in [5.41, 5.74) is 1.31. The highest BCUT2D eigenvalue weighted by molar-refractivity contribution is 14.0. The van der Waals surface area contributed by atoms with Crippen LogP contribution in [0.1, 0.15) is 30.7 Å². The molecule has 0 fully saturated rings. The van der Waals surface area contributed by atoms with E-state index in [2.05, 4.69) is 47.0 Å². The number of aliphatic imine (C=N–C) groups is 1. The third-order valence-electron chi connectivity index (χ3n) is 3.98. The van der Waals surface area contributed by atoms with E-state index >= 15 is 0 Å². The molecule has 0 amide bonds. The summed E-state index contributed by atoms with van der Waals surface area (Å²) in [7, 11) is 1.80. The Hall–Kier alpha value is -1.28. The topological polar surface area (TPSA) is 56.7 Å². The first-order chi connectivity index (χ1) is 11.5. The second-order valence-corrected chi connectivity index (χ2v) is 7.43. The van der Waals surface area contributed by atoms with Crippen LogP contribution < -0.4 is 10.6 Å². The Kier molecular flexibility index (Phi) is 9.27. The summed E-state index contributed by atoms with van der Waals surface area (Å²) in [6.07, 6.45) is 1.99. The lowest BCUT2D eigenvalue weighted by Crippen LogP contribution is -2.43. The first-order valence-corrected chi connectivity index (χ1v) is 9.15. The van der Waals surface area contributed by atoms with Gasteiger partial charge in [0.2, 0.25) is 0 Å². The second-order valence-electron chi connectivity index (χ2n) is 6.48. The van der Waals surface area contributed by atoms with E-state index in [-0.39, 0.29) is 29.4 Å². The van der Waals surface area contributed by atoms with Crippen LogP contribution in [-0.2, 0) is 11.8 Å². The number of nitrogens with one attached hydrogen (secondary N) is 2. The minimum absolute atomic E-state index is 0. The molecule has 3 N–H and O–H groups in total. The average molecular weight is 473 g/mol. The Morgan fingerprint density at radius 2 is 1.88 bits per heavy atom. The summed E-state index contributed by atoms with van der Waals surface area (Å²) >= 11 is 1.79. The van der Waals surface area contributed by atoms with Crippen molar-refractivity contribution in [3.8, 4) is 5.75 Å². The lowest BCUT2D eigenvalue weighted by molar-refractivity contribution is 0.475. The van der Waals surface area contributed by atoms with Crippen LogP contribution in [0.3, 0.4) is 0 Å². The highest BCUT2D eigenvalue weighted by Crippen LogP contribution is 2.26. The minimum Gasteiger partial charge on any atom is -0.508 e. The average Bonchev–Trinajstić information content (AvgIpc) is 3.11. The van der Waals surface area contributed by atoms with Crippen molar-refractivity contribution in [2.45, 2.75) is 32.1 Å². The molecule has 25 heavy (non-hydrogen) atoms. The highest BCUT2D eigenvalue weighted by Gasteiger charge is 2.21. The smallest absolute Gasteiger partial charge is 0.191 e. The molecule has 1 aromatic carbocycles. The van der Waals surface area contributed by atoms with E-state index in [0.29, 0.717) is 5.75 Å². The summed E-state index contributed by atoms with van der Waals surface area (Å²) in [6.45, 7) is 6.18. The van der Waals surface area contributed by atoms with Gasteiger partial charge in [0.15, 0.2) is 5.96 Å². The predicted octanol–water partition coefficient (Wildman–Crippen LogP) is 4.15. The molecule has 0 aliphatic carbocycles. The molecule has 0 aliphatic heterocycles. The largest absolute Gasteiger partial charge is 0.508 e. The van der Waals surface area contributed by atoms with Gasteiger partial charge in [-0.2, -0.15) is 0 Å². The number of halogens is 1. The summed E-state index contributed by atoms with van der Waals surface area (Å²) in [6, 6.07) is 11.7. The number of benzene rings is 1. The van der Waals surface area contributed by atoms with Gasteiger partial charge in [0.25, 0.3) is 0 Å². The minimum atomic E-state index is 0. The Balaban J connectivity index is 0.00000312. The number of nitrogens with zero attached hydrogens (tertiary/aromatic N) is 1. The summed E-state index contributed by atoms with van der Waals surface area (Å²) in [5, 5.41) is 18.2. The maximum Gasteiger partial charge on any atom is 0.191 e. The zero-order valence-electron chi connectivity index (χ0n) is 15.1. The Bertz CT molecular complexity index is 639. The van der Waals surface area contributed by atoms with Crippen LogP contribution in [-0.4, -0.2) is 31.2 Å². The van der Waals surface area contributed by atoms with Gasteiger partial charge in [0.1, 0.15) is 5.75 Å². The molecule has 138 valence electrons. The zero-order chi connectivity index (χ0) is 17.4. The van der Waals surface area contributed by atoms with E-state index in [0.717, 1.165) is 31.9 Å². The van der Waals surface area contributed by atoms with Crippen LogP contribution in [0.5, 0.6) is 5.75 Å². The molecule has 2 rings (SSSR count). The van der Waals surface area contributed by atoms with Crippen LogP contribution in [0.4, 0.5) is 0 Å². The number of aromatic hydroxyl groups is 1. The summed E-state index contributed by atoms with van der Waals surface area (Å²) < 4.78 is 0. The first-order valence-electron chi connectivity index (χ1n) is 8.28. The number of guanidine groups is 1. The number of rotatable bonds is 7. The number of thiophene rings is 1. The number of aryl methyl sites for hydroxylation is 1. The van der Waals surface area contributed by atoms with Gasteiger partial charge in [-0.25, -0.2) is 0 Å². The molecule has 0 saturated carbocycles. The van der Waals surface area contributed by atoms with Crippen LogP contribution in [0.25, 0.3) is 0 Å². The van der Waals surface area contributed by atoms with Gasteiger partial charge in [-0.05, 0) is 42.0 Å². The fourth-order valence-corrected chi connectivity index (χ4v) is 3.29. The van der Waals surface area contributed by atoms with Crippen molar-refractivity contribution in [1.82, 2.24) is 10.6 Å². The summed E-state index contributed by atoms with van der Waals surface area (Å²) in [5.74, 6) is 1.15. The maximum atomic E-state index is 9.29. The van der Waals surface area contributed by atoms with E-state index in [1.165, 1.54) is 10.4 Å². The van der Waals surface area contributed by atoms with E-state index < -0.39 is 0 Å². The molecule has 4 nitrogen and oxygen atoms in total. The normalized spacial score (nSPS) is 11.7. The zero-order valence-corrected chi connectivity index (χ0v) is 18.2. The lowest BCUT2D eigenvalue weighted by atomic mass is 9.91. The Morgan fingerprint density at radius 3 is 2.48 bits per heavy atom. The third kappa shape index (κ3) is 7.23. The van der Waals surface area contributed by atoms with Crippen molar-refractivity contribution in [2.75, 3.05) is 20.1 Å². The van der Waals surface area contributed by atoms with Crippen molar-refractivity contribution < 1.29 is 5.11 Å². The monoisotopic (exact) mass is 473 g/mol. The van der Waals surface area contributed by atoms with Crippen molar-refractivity contribution >= 4 is 41.3 Å². The fourth-order valence-electron chi connectivity index (χ4n) is 2.44. The molecular weight excluding hydrogens is 445 g/mol. The number of phenolic OH excluding ortho intramolecular Hbond substituents is 1. The Labute approximate surface area is 171 Å². The van der Waals surface area contributed by atoms with Gasteiger partial charge in [-0.1, -0.05) is 32.0 Å². The van der Waals surface area contributed by atoms with Crippen LogP contribution in [0.2, 0.25) is 0 Å². The van der Waals surface area contributed by atoms with Crippen LogP contribution in [0, 0.1) is 0 Å². The maximum absolute atomic E-state index is 9.29. The molecule has 0 atom stereocenters. The van der Waals surface area contributed by atoms with Gasteiger partial charge < -0.3 is 15.7 Å². The standard InChI is InChI=1S/C19H27N3OS.HI/c1-19(2,17-7-5-13-24-17)14-22-18(20-3)21-12-4-6-15-8-10-16(23)11-9-15;/h5,7-11,13,23H,4,6,12,14H2,1-3H3,(H2,20,21,22);1H. The van der Waals surface area contributed by atoms with Gasteiger partial charge in [0.05, 0.1) is 0 Å². The molecule has 0 saturated heterocycles. The second kappa shape index (κ2) is 10.7. The molecule has 6 heteroatoms. The highest BCUT2D eigenvalue weighted by atomic mass is 127. The molecule has 0 bridgehead atoms. The van der Waals surface area contributed by atoms with Gasteiger partial charge in [-0.15, -0.1) is 35.3 Å². The number of hydrogen-bond acceptors (Lipinski definition) is 3. The first kappa shape index (κ1) is 21.8. The molecular formula is C19H28IN3OS. The van der Waals surface area contributed by atoms with E-state index in [4.69, 9.17) is 0 Å². The SMILES string of the molecule is CN=C(NCCCc1ccc(O)cc1)NCC(C)(C)c1cccs1.I. The lowest BCUT2D eigenvalue weighted by Gasteiger charge is -2.25. The molecule has 0 radical (unpaired) electrons. The molecule has 0 aliphatic rings. The number of hydrogen-bond donors (Lipinski definition) is 3. The molecule has 2 aromatic rings. The quantitative estimate of drug-likeness (QED) is 0.245. The van der Waals surface area contributed by atoms with Crippen LogP contribution in [0.15, 0.2) is 46.8 Å². The van der Waals surface area contributed by atoms with E-state index in [1.54, 1.807) is 30.5 Å².